The van der Waals surface area contributed by atoms with Gasteiger partial charge >= 0.3 is 18.0 Å². The average Bonchev–Trinajstić information content (AvgIpc) is 3.66. The van der Waals surface area contributed by atoms with Crippen molar-refractivity contribution in [3.8, 4) is 0 Å². The fourth-order valence-corrected chi connectivity index (χ4v) is 9.76. The molecule has 2 aliphatic carbocycles. The summed E-state index contributed by atoms with van der Waals surface area (Å²) in [6.07, 6.45) is 8.54. The van der Waals surface area contributed by atoms with Crippen LogP contribution in [0.1, 0.15) is 125 Å². The third-order valence-corrected chi connectivity index (χ3v) is 12.7. The molecule has 0 atom stereocenters. The smallest absolute Gasteiger partial charge is 0.410 e. The van der Waals surface area contributed by atoms with E-state index in [9.17, 15) is 19.5 Å². The van der Waals surface area contributed by atoms with Gasteiger partial charge in [0.2, 0.25) is 0 Å². The lowest BCUT2D eigenvalue weighted by atomic mass is 9.89. The van der Waals surface area contributed by atoms with E-state index in [-0.39, 0.29) is 18.1 Å². The number of thiophene rings is 2. The summed E-state index contributed by atoms with van der Waals surface area (Å²) >= 11 is 3.18. The lowest BCUT2D eigenvalue weighted by Gasteiger charge is -2.40. The molecule has 2 heterocycles. The maximum atomic E-state index is 12.3. The highest BCUT2D eigenvalue weighted by Crippen LogP contribution is 2.38. The summed E-state index contributed by atoms with van der Waals surface area (Å²) in [5.41, 5.74) is 2.55. The van der Waals surface area contributed by atoms with E-state index < -0.39 is 11.6 Å². The first-order chi connectivity index (χ1) is 23.6. The van der Waals surface area contributed by atoms with Crippen molar-refractivity contribution >= 4 is 50.7 Å². The minimum Gasteiger partial charge on any atom is -0.478 e. The van der Waals surface area contributed by atoms with Gasteiger partial charge in [0.1, 0.15) is 5.60 Å². The maximum absolute atomic E-state index is 12.3. The minimum absolute atomic E-state index is 0.208. The van der Waals surface area contributed by atoms with E-state index in [0.29, 0.717) is 29.3 Å². The number of anilines is 2. The van der Waals surface area contributed by atoms with Crippen LogP contribution in [-0.2, 0) is 9.47 Å². The first-order valence-electron chi connectivity index (χ1n) is 18.2. The standard InChI is InChI=1S/C21H34N2O4S.C17H28N2O2S/c1-8-23(18-14(2)17(13-28-18)19(24)26-7)16-11-9-15(10-12-16)22(6)20(25)27-21(3,4)5;1-5-18(4)13-7-9-14(10-8-13)19(6-2)16-12(3)15(11-22-16)17(20)21/h13,15-16H,8-12H2,1-7H3;11,13-14H,5-10H2,1-4H3,(H,20,21). The van der Waals surface area contributed by atoms with E-state index in [1.165, 1.54) is 32.8 Å². The zero-order valence-corrected chi connectivity index (χ0v) is 34.0. The van der Waals surface area contributed by atoms with Crippen molar-refractivity contribution in [1.82, 2.24) is 9.80 Å². The number of rotatable bonds is 11. The number of esters is 1. The van der Waals surface area contributed by atoms with Crippen LogP contribution in [0.5, 0.6) is 0 Å². The molecule has 0 radical (unpaired) electrons. The van der Waals surface area contributed by atoms with Crippen LogP contribution in [0, 0.1) is 13.8 Å². The number of carbonyl (C=O) groups is 3. The molecule has 2 aromatic heterocycles. The number of methoxy groups -OCH3 is 1. The largest absolute Gasteiger partial charge is 0.478 e. The molecular weight excluding hydrogens is 673 g/mol. The van der Waals surface area contributed by atoms with E-state index in [0.717, 1.165) is 66.4 Å². The Hall–Kier alpha value is -2.83. The van der Waals surface area contributed by atoms with Gasteiger partial charge in [0, 0.05) is 55.1 Å². The van der Waals surface area contributed by atoms with Gasteiger partial charge in [-0.05, 0) is 125 Å². The molecule has 282 valence electrons. The molecule has 0 aliphatic heterocycles. The van der Waals surface area contributed by atoms with Crippen LogP contribution in [0.25, 0.3) is 0 Å². The van der Waals surface area contributed by atoms with Gasteiger partial charge in [0.25, 0.3) is 0 Å². The van der Waals surface area contributed by atoms with Gasteiger partial charge in [-0.2, -0.15) is 0 Å². The van der Waals surface area contributed by atoms with Crippen LogP contribution in [0.4, 0.5) is 14.8 Å². The van der Waals surface area contributed by atoms with E-state index in [1.807, 2.05) is 47.0 Å². The Morgan fingerprint density at radius 2 is 1.16 bits per heavy atom. The summed E-state index contributed by atoms with van der Waals surface area (Å²) in [6.45, 7) is 19.1. The number of ether oxygens (including phenoxy) is 2. The fourth-order valence-electron chi connectivity index (χ4n) is 7.35. The first kappa shape index (κ1) is 41.6. The molecule has 1 amide bonds. The minimum atomic E-state index is -0.815. The zero-order valence-electron chi connectivity index (χ0n) is 32.3. The Labute approximate surface area is 308 Å². The third kappa shape index (κ3) is 10.4. The second kappa shape index (κ2) is 18.6. The predicted octanol–water partition coefficient (Wildman–Crippen LogP) is 8.69. The van der Waals surface area contributed by atoms with Gasteiger partial charge in [-0.25, -0.2) is 14.4 Å². The first-order valence-corrected chi connectivity index (χ1v) is 20.0. The van der Waals surface area contributed by atoms with Gasteiger partial charge in [-0.3, -0.25) is 0 Å². The highest BCUT2D eigenvalue weighted by molar-refractivity contribution is 7.15. The molecule has 2 aromatic rings. The van der Waals surface area contributed by atoms with Gasteiger partial charge < -0.3 is 34.2 Å². The molecule has 1 N–H and O–H groups in total. The van der Waals surface area contributed by atoms with Crippen LogP contribution in [-0.4, -0.2) is 104 Å². The lowest BCUT2D eigenvalue weighted by Crippen LogP contribution is -2.46. The fraction of sp³-hybridized carbons (Fsp3) is 0.711. The van der Waals surface area contributed by atoms with Crippen LogP contribution >= 0.6 is 22.7 Å². The summed E-state index contributed by atoms with van der Waals surface area (Å²) in [5, 5.41) is 15.2. The quantitative estimate of drug-likeness (QED) is 0.227. The monoisotopic (exact) mass is 734 g/mol. The second-order valence-corrected chi connectivity index (χ2v) is 16.3. The molecule has 0 spiro atoms. The number of carbonyl (C=O) groups excluding carboxylic acids is 2. The van der Waals surface area contributed by atoms with Gasteiger partial charge in [-0.1, -0.05) is 6.92 Å². The molecule has 0 saturated heterocycles. The topological polar surface area (TPSA) is 103 Å². The number of carboxylic acid groups (broad SMARTS) is 1. The van der Waals surface area contributed by atoms with Crippen molar-refractivity contribution in [1.29, 1.82) is 0 Å². The number of nitrogens with zero attached hydrogens (tertiary/aromatic N) is 4. The van der Waals surface area contributed by atoms with E-state index in [1.54, 1.807) is 33.0 Å². The van der Waals surface area contributed by atoms with E-state index >= 15 is 0 Å². The predicted molar refractivity (Wildman–Crippen MR) is 207 cm³/mol. The summed E-state index contributed by atoms with van der Waals surface area (Å²) in [5.74, 6) is -1.09. The molecule has 2 aliphatic rings. The van der Waals surface area contributed by atoms with Gasteiger partial charge in [0.15, 0.2) is 0 Å². The molecule has 12 heteroatoms. The Balaban J connectivity index is 0.000000278. The molecule has 10 nitrogen and oxygen atoms in total. The van der Waals surface area contributed by atoms with Crippen LogP contribution < -0.4 is 9.80 Å². The average molecular weight is 735 g/mol. The van der Waals surface area contributed by atoms with Crippen LogP contribution in [0.15, 0.2) is 10.8 Å². The Morgan fingerprint density at radius 1 is 0.740 bits per heavy atom. The summed E-state index contributed by atoms with van der Waals surface area (Å²) in [4.78, 5) is 44.6. The Morgan fingerprint density at radius 3 is 1.54 bits per heavy atom. The molecule has 0 aromatic carbocycles. The SMILES string of the molecule is CCN(C)C1CCC(N(CC)c2scc(C(=O)O)c2C)CC1.CCN(c1scc(C(=O)OC)c1C)C1CCC(N(C)C(=O)OC(C)(C)C)CC1. The van der Waals surface area contributed by atoms with Crippen molar-refractivity contribution in [3.63, 3.8) is 0 Å². The Kier molecular flexibility index (Phi) is 15.5. The summed E-state index contributed by atoms with van der Waals surface area (Å²) < 4.78 is 10.4. The number of amides is 1. The number of hydrogen-bond acceptors (Lipinski definition) is 10. The number of aromatic carboxylic acids is 1. The molecule has 2 fully saturated rings. The number of carboxylic acids is 1. The molecule has 4 rings (SSSR count). The van der Waals surface area contributed by atoms with E-state index in [4.69, 9.17) is 9.47 Å². The molecule has 50 heavy (non-hydrogen) atoms. The highest BCUT2D eigenvalue weighted by Gasteiger charge is 2.33. The second-order valence-electron chi connectivity index (χ2n) is 14.6. The molecule has 0 bridgehead atoms. The van der Waals surface area contributed by atoms with Gasteiger partial charge in [-0.15, -0.1) is 22.7 Å². The normalized spacial score (nSPS) is 20.8. The van der Waals surface area contributed by atoms with E-state index in [2.05, 4.69) is 42.5 Å². The third-order valence-electron chi connectivity index (χ3n) is 10.4. The summed E-state index contributed by atoms with van der Waals surface area (Å²) in [6, 6.07) is 1.88. The Bertz CT molecular complexity index is 1400. The number of hydrogen-bond donors (Lipinski definition) is 1. The van der Waals surface area contributed by atoms with Crippen LogP contribution in [0.2, 0.25) is 0 Å². The van der Waals surface area contributed by atoms with Crippen molar-refractivity contribution < 1.29 is 29.0 Å². The van der Waals surface area contributed by atoms with Crippen molar-refractivity contribution in [3.05, 3.63) is 33.0 Å². The van der Waals surface area contributed by atoms with Crippen molar-refractivity contribution in [2.45, 2.75) is 137 Å². The maximum Gasteiger partial charge on any atom is 0.410 e. The lowest BCUT2D eigenvalue weighted by molar-refractivity contribution is 0.0182. The molecule has 2 saturated carbocycles. The van der Waals surface area contributed by atoms with Crippen LogP contribution in [0.3, 0.4) is 0 Å². The molecular formula is C38H62N4O6S2. The highest BCUT2D eigenvalue weighted by atomic mass is 32.1. The van der Waals surface area contributed by atoms with Crippen molar-refractivity contribution in [2.24, 2.45) is 0 Å². The molecule has 0 unspecified atom stereocenters. The van der Waals surface area contributed by atoms with Crippen molar-refractivity contribution in [2.75, 3.05) is 50.6 Å². The summed E-state index contributed by atoms with van der Waals surface area (Å²) in [7, 11) is 5.47. The van der Waals surface area contributed by atoms with Gasteiger partial charge in [0.05, 0.1) is 28.2 Å². The zero-order chi connectivity index (χ0) is 37.3.